The maximum absolute atomic E-state index is 12.0. The van der Waals surface area contributed by atoms with E-state index in [9.17, 15) is 4.79 Å². The molecule has 1 fully saturated rings. The van der Waals surface area contributed by atoms with E-state index in [1.165, 1.54) is 10.5 Å². The van der Waals surface area contributed by atoms with Crippen molar-refractivity contribution in [2.75, 3.05) is 6.54 Å². The van der Waals surface area contributed by atoms with Crippen molar-refractivity contribution in [2.24, 2.45) is 5.73 Å². The molecule has 1 aromatic carbocycles. The average Bonchev–Trinajstić information content (AvgIpc) is 2.48. The van der Waals surface area contributed by atoms with Gasteiger partial charge in [0.1, 0.15) is 0 Å². The molecule has 1 aliphatic carbocycles. The van der Waals surface area contributed by atoms with Gasteiger partial charge in [0, 0.05) is 10.1 Å². The van der Waals surface area contributed by atoms with Crippen molar-refractivity contribution in [1.29, 1.82) is 0 Å². The van der Waals surface area contributed by atoms with Gasteiger partial charge in [-0.1, -0.05) is 25.1 Å². The Morgan fingerprint density at radius 2 is 2.24 bits per heavy atom. The van der Waals surface area contributed by atoms with Gasteiger partial charge in [-0.25, -0.2) is 0 Å². The van der Waals surface area contributed by atoms with Gasteiger partial charge in [-0.15, -0.1) is 11.8 Å². The molecule has 0 aromatic heterocycles. The number of benzene rings is 1. The van der Waals surface area contributed by atoms with Crippen LogP contribution in [0.4, 0.5) is 0 Å². The number of nitrogens with one attached hydrogen (secondary N) is 1. The number of aryl methyl sites for hydroxylation is 1. The molecule has 3 N–H and O–H groups in total. The number of carbonyl (C=O) groups is 1. The lowest BCUT2D eigenvalue weighted by atomic mass is 9.80. The first-order chi connectivity index (χ1) is 10.1. The third-order valence-electron chi connectivity index (χ3n) is 4.28. The molecule has 0 saturated heterocycles. The minimum Gasteiger partial charge on any atom is -0.368 e. The molecule has 1 saturated carbocycles. The number of primary amides is 1. The van der Waals surface area contributed by atoms with Crippen molar-refractivity contribution in [3.63, 3.8) is 0 Å². The lowest BCUT2D eigenvalue weighted by Gasteiger charge is -2.39. The second kappa shape index (κ2) is 7.32. The summed E-state index contributed by atoms with van der Waals surface area (Å²) in [5, 5.41) is 3.88. The van der Waals surface area contributed by atoms with Crippen LogP contribution in [0.1, 0.15) is 44.6 Å². The highest BCUT2D eigenvalue weighted by Crippen LogP contribution is 2.39. The van der Waals surface area contributed by atoms with Gasteiger partial charge in [0.25, 0.3) is 0 Å². The zero-order valence-corrected chi connectivity index (χ0v) is 13.8. The van der Waals surface area contributed by atoms with Crippen LogP contribution >= 0.6 is 11.8 Å². The van der Waals surface area contributed by atoms with Crippen LogP contribution in [0.3, 0.4) is 0 Å². The second-order valence-electron chi connectivity index (χ2n) is 5.97. The first-order valence-electron chi connectivity index (χ1n) is 7.84. The number of amides is 1. The summed E-state index contributed by atoms with van der Waals surface area (Å²) < 4.78 is 0. The summed E-state index contributed by atoms with van der Waals surface area (Å²) in [6.07, 6.45) is 4.93. The normalized spacial score (nSPS) is 25.7. The predicted octanol–water partition coefficient (Wildman–Crippen LogP) is 3.25. The van der Waals surface area contributed by atoms with Crippen LogP contribution in [-0.2, 0) is 4.79 Å². The van der Waals surface area contributed by atoms with E-state index in [-0.39, 0.29) is 5.91 Å². The zero-order valence-electron chi connectivity index (χ0n) is 13.0. The molecule has 1 aliphatic rings. The molecule has 0 radical (unpaired) electrons. The largest absolute Gasteiger partial charge is 0.368 e. The molecule has 0 bridgehead atoms. The minimum atomic E-state index is -0.505. The summed E-state index contributed by atoms with van der Waals surface area (Å²) >= 11 is 1.90. The van der Waals surface area contributed by atoms with Crippen molar-refractivity contribution in [3.05, 3.63) is 29.8 Å². The molecule has 1 aromatic rings. The fraction of sp³-hybridized carbons (Fsp3) is 0.588. The molecule has 1 amide bonds. The van der Waals surface area contributed by atoms with E-state index >= 15 is 0 Å². The second-order valence-corrected chi connectivity index (χ2v) is 7.32. The van der Waals surface area contributed by atoms with Gasteiger partial charge in [-0.2, -0.15) is 0 Å². The molecular formula is C17H26N2OS. The molecule has 4 heteroatoms. The molecule has 21 heavy (non-hydrogen) atoms. The molecule has 2 unspecified atom stereocenters. The molecule has 2 atom stereocenters. The maximum atomic E-state index is 12.0. The van der Waals surface area contributed by atoms with Gasteiger partial charge in [-0.3, -0.25) is 4.79 Å². The van der Waals surface area contributed by atoms with Gasteiger partial charge >= 0.3 is 0 Å². The van der Waals surface area contributed by atoms with E-state index < -0.39 is 5.54 Å². The summed E-state index contributed by atoms with van der Waals surface area (Å²) in [6.45, 7) is 5.11. The van der Waals surface area contributed by atoms with E-state index in [1.54, 1.807) is 0 Å². The number of carbonyl (C=O) groups excluding carboxylic acids is 1. The van der Waals surface area contributed by atoms with Crippen molar-refractivity contribution < 1.29 is 4.79 Å². The van der Waals surface area contributed by atoms with Crippen molar-refractivity contribution >= 4 is 17.7 Å². The van der Waals surface area contributed by atoms with Crippen LogP contribution in [0.15, 0.2) is 29.2 Å². The lowest BCUT2D eigenvalue weighted by molar-refractivity contribution is -0.125. The van der Waals surface area contributed by atoms with Gasteiger partial charge in [0.05, 0.1) is 5.54 Å². The topological polar surface area (TPSA) is 55.1 Å². The fourth-order valence-electron chi connectivity index (χ4n) is 3.03. The number of nitrogens with two attached hydrogens (primary N) is 1. The van der Waals surface area contributed by atoms with E-state index in [0.717, 1.165) is 38.6 Å². The van der Waals surface area contributed by atoms with Gasteiger partial charge < -0.3 is 11.1 Å². The highest BCUT2D eigenvalue weighted by molar-refractivity contribution is 8.00. The summed E-state index contributed by atoms with van der Waals surface area (Å²) in [5.74, 6) is -0.189. The Kier molecular flexibility index (Phi) is 5.71. The SMILES string of the molecule is CCCNC1(C(N)=O)CCCC(Sc2ccccc2C)C1. The lowest BCUT2D eigenvalue weighted by Crippen LogP contribution is -2.58. The summed E-state index contributed by atoms with van der Waals surface area (Å²) in [6, 6.07) is 8.45. The molecular weight excluding hydrogens is 280 g/mol. The van der Waals surface area contributed by atoms with Crippen LogP contribution in [-0.4, -0.2) is 23.2 Å². The highest BCUT2D eigenvalue weighted by atomic mass is 32.2. The summed E-state index contributed by atoms with van der Waals surface area (Å²) in [7, 11) is 0. The van der Waals surface area contributed by atoms with Crippen LogP contribution in [0, 0.1) is 6.92 Å². The first kappa shape index (κ1) is 16.4. The molecule has 2 rings (SSSR count). The Morgan fingerprint density at radius 3 is 2.90 bits per heavy atom. The summed E-state index contributed by atoms with van der Waals surface area (Å²) in [4.78, 5) is 13.3. The standard InChI is InChI=1S/C17H26N2OS/c1-3-11-19-17(16(18)20)10-6-8-14(12-17)21-15-9-5-4-7-13(15)2/h4-5,7,9,14,19H,3,6,8,10-12H2,1-2H3,(H2,18,20). The van der Waals surface area contributed by atoms with E-state index in [4.69, 9.17) is 5.73 Å². The third-order valence-corrected chi connectivity index (χ3v) is 5.73. The molecule has 0 aliphatic heterocycles. The summed E-state index contributed by atoms with van der Waals surface area (Å²) in [5.41, 5.74) is 6.52. The van der Waals surface area contributed by atoms with Crippen molar-refractivity contribution in [1.82, 2.24) is 5.32 Å². The smallest absolute Gasteiger partial charge is 0.237 e. The average molecular weight is 306 g/mol. The third kappa shape index (κ3) is 4.01. The Hall–Kier alpha value is -1.00. The van der Waals surface area contributed by atoms with E-state index in [1.807, 2.05) is 11.8 Å². The number of hydrogen-bond donors (Lipinski definition) is 2. The molecule has 3 nitrogen and oxygen atoms in total. The Labute approximate surface area is 132 Å². The number of thioether (sulfide) groups is 1. The number of hydrogen-bond acceptors (Lipinski definition) is 3. The Morgan fingerprint density at radius 1 is 1.48 bits per heavy atom. The minimum absolute atomic E-state index is 0.189. The maximum Gasteiger partial charge on any atom is 0.237 e. The predicted molar refractivity (Wildman–Crippen MR) is 89.5 cm³/mol. The quantitative estimate of drug-likeness (QED) is 0.848. The zero-order chi connectivity index (χ0) is 15.3. The monoisotopic (exact) mass is 306 g/mol. The Balaban J connectivity index is 2.08. The molecule has 116 valence electrons. The van der Waals surface area contributed by atoms with Gasteiger partial charge in [-0.05, 0) is 57.2 Å². The van der Waals surface area contributed by atoms with Gasteiger partial charge in [0.2, 0.25) is 5.91 Å². The van der Waals surface area contributed by atoms with Crippen LogP contribution in [0.5, 0.6) is 0 Å². The van der Waals surface area contributed by atoms with E-state index in [2.05, 4.69) is 43.4 Å². The molecule has 0 heterocycles. The van der Waals surface area contributed by atoms with Crippen molar-refractivity contribution in [3.8, 4) is 0 Å². The van der Waals surface area contributed by atoms with Gasteiger partial charge in [0.15, 0.2) is 0 Å². The number of rotatable bonds is 6. The fourth-order valence-corrected chi connectivity index (χ4v) is 4.45. The van der Waals surface area contributed by atoms with Crippen LogP contribution in [0.25, 0.3) is 0 Å². The molecule has 0 spiro atoms. The van der Waals surface area contributed by atoms with Crippen LogP contribution in [0.2, 0.25) is 0 Å². The van der Waals surface area contributed by atoms with E-state index in [0.29, 0.717) is 5.25 Å². The Bertz CT molecular complexity index is 491. The van der Waals surface area contributed by atoms with Crippen LogP contribution < -0.4 is 11.1 Å². The highest BCUT2D eigenvalue weighted by Gasteiger charge is 2.41. The first-order valence-corrected chi connectivity index (χ1v) is 8.72. The van der Waals surface area contributed by atoms with Crippen molar-refractivity contribution in [2.45, 2.75) is 61.6 Å².